The number of thioether (sulfide) groups is 1. The van der Waals surface area contributed by atoms with E-state index in [-0.39, 0.29) is 17.4 Å². The molecule has 1 aliphatic heterocycles. The van der Waals surface area contributed by atoms with Crippen LogP contribution in [0.25, 0.3) is 0 Å². The van der Waals surface area contributed by atoms with Crippen LogP contribution in [0.2, 0.25) is 0 Å². The number of nitrogens with zero attached hydrogens (tertiary/aromatic N) is 4. The molecule has 1 atom stereocenters. The number of benzene rings is 2. The van der Waals surface area contributed by atoms with Gasteiger partial charge < -0.3 is 5.32 Å². The van der Waals surface area contributed by atoms with E-state index in [0.717, 1.165) is 28.8 Å². The van der Waals surface area contributed by atoms with Crippen LogP contribution in [0.3, 0.4) is 0 Å². The van der Waals surface area contributed by atoms with Crippen LogP contribution in [0, 0.1) is 24.5 Å². The number of hydrazone groups is 1. The molecule has 34 heavy (non-hydrogen) atoms. The van der Waals surface area contributed by atoms with Crippen molar-refractivity contribution < 1.29 is 13.6 Å². The van der Waals surface area contributed by atoms with Crippen molar-refractivity contribution in [2.45, 2.75) is 38.5 Å². The number of carbonyl (C=O) groups excluding carboxylic acids is 1. The van der Waals surface area contributed by atoms with Crippen molar-refractivity contribution in [1.29, 1.82) is 0 Å². The molecule has 10 heteroatoms. The lowest BCUT2D eigenvalue weighted by atomic mass is 10.0. The summed E-state index contributed by atoms with van der Waals surface area (Å²) < 4.78 is 28.8. The van der Waals surface area contributed by atoms with E-state index >= 15 is 0 Å². The molecule has 6 nitrogen and oxygen atoms in total. The van der Waals surface area contributed by atoms with Crippen molar-refractivity contribution in [1.82, 2.24) is 15.5 Å². The van der Waals surface area contributed by atoms with Crippen LogP contribution in [-0.4, -0.2) is 27.7 Å². The normalized spacial score (nSPS) is 17.8. The highest BCUT2D eigenvalue weighted by molar-refractivity contribution is 8.15. The van der Waals surface area contributed by atoms with Crippen molar-refractivity contribution in [2.24, 2.45) is 11.0 Å². The predicted molar refractivity (Wildman–Crippen MR) is 133 cm³/mol. The first-order valence-electron chi connectivity index (χ1n) is 11.0. The maximum Gasteiger partial charge on any atom is 0.230 e. The molecular weight excluding hydrogens is 476 g/mol. The lowest BCUT2D eigenvalue weighted by molar-refractivity contribution is -0.123. The van der Waals surface area contributed by atoms with E-state index in [1.165, 1.54) is 23.1 Å². The van der Waals surface area contributed by atoms with Gasteiger partial charge in [0.2, 0.25) is 11.0 Å². The van der Waals surface area contributed by atoms with Crippen LogP contribution in [0.1, 0.15) is 42.8 Å². The Morgan fingerprint density at radius 1 is 1.15 bits per heavy atom. The van der Waals surface area contributed by atoms with E-state index in [4.69, 9.17) is 5.10 Å². The van der Waals surface area contributed by atoms with Gasteiger partial charge in [0, 0.05) is 18.0 Å². The Bertz CT molecular complexity index is 1200. The van der Waals surface area contributed by atoms with Crippen molar-refractivity contribution in [3.63, 3.8) is 0 Å². The third-order valence-corrected chi connectivity index (χ3v) is 7.65. The van der Waals surface area contributed by atoms with Gasteiger partial charge in [-0.25, -0.2) is 13.8 Å². The molecule has 4 rings (SSSR count). The molecule has 3 aromatic rings. The molecule has 1 aliphatic rings. The van der Waals surface area contributed by atoms with Crippen molar-refractivity contribution in [2.75, 3.05) is 11.6 Å². The Balaban J connectivity index is 1.74. The first-order valence-corrected chi connectivity index (χ1v) is 12.6. The Hall–Kier alpha value is -2.85. The van der Waals surface area contributed by atoms with Crippen LogP contribution in [0.15, 0.2) is 53.6 Å². The molecule has 0 saturated heterocycles. The average molecular weight is 502 g/mol. The first-order chi connectivity index (χ1) is 16.3. The molecule has 0 aliphatic carbocycles. The lowest BCUT2D eigenvalue weighted by Gasteiger charge is -2.35. The topological polar surface area (TPSA) is 70.5 Å². The summed E-state index contributed by atoms with van der Waals surface area (Å²) in [5, 5.41) is 19.6. The molecule has 1 unspecified atom stereocenters. The Kier molecular flexibility index (Phi) is 7.27. The largest absolute Gasteiger partial charge is 0.356 e. The SMILES string of the molecule is Cc1nnc(N2N=C(c3cc(F)ccc3F)SC2(CCCNC(=O)C(C)C)c2ccccc2)s1. The van der Waals surface area contributed by atoms with E-state index < -0.39 is 16.5 Å². The molecule has 178 valence electrons. The van der Waals surface area contributed by atoms with Gasteiger partial charge in [-0.15, -0.1) is 10.2 Å². The first kappa shape index (κ1) is 24.3. The molecule has 0 bridgehead atoms. The zero-order valence-electron chi connectivity index (χ0n) is 19.1. The summed E-state index contributed by atoms with van der Waals surface area (Å²) in [6.07, 6.45) is 1.21. The van der Waals surface area contributed by atoms with E-state index in [0.29, 0.717) is 29.6 Å². The third kappa shape index (κ3) is 4.97. The van der Waals surface area contributed by atoms with Gasteiger partial charge >= 0.3 is 0 Å². The summed E-state index contributed by atoms with van der Waals surface area (Å²) in [6.45, 7) is 6.04. The molecular formula is C24H25F2N5OS2. The maximum atomic E-state index is 14.7. The minimum atomic E-state index is -0.774. The van der Waals surface area contributed by atoms with Gasteiger partial charge in [0.25, 0.3) is 0 Å². The van der Waals surface area contributed by atoms with E-state index in [9.17, 15) is 13.6 Å². The van der Waals surface area contributed by atoms with E-state index in [1.54, 1.807) is 5.01 Å². The van der Waals surface area contributed by atoms with Crippen LogP contribution < -0.4 is 10.3 Å². The standard InChI is InChI=1S/C24H25F2N5OS2/c1-15(2)21(32)27-13-7-12-24(17-8-5-4-6-9-17)31(23-29-28-16(3)33-23)30-22(34-24)19-14-18(25)10-11-20(19)26/h4-6,8-11,14-15H,7,12-13H2,1-3H3,(H,27,32). The van der Waals surface area contributed by atoms with Crippen LogP contribution in [-0.2, 0) is 9.67 Å². The molecule has 0 radical (unpaired) electrons. The Morgan fingerprint density at radius 2 is 1.91 bits per heavy atom. The van der Waals surface area contributed by atoms with Gasteiger partial charge in [0.05, 0.1) is 0 Å². The third-order valence-electron chi connectivity index (χ3n) is 5.39. The molecule has 0 spiro atoms. The quantitative estimate of drug-likeness (QED) is 0.416. The second-order valence-corrected chi connectivity index (χ2v) is 10.7. The summed E-state index contributed by atoms with van der Waals surface area (Å²) in [5.41, 5.74) is 1.04. The highest BCUT2D eigenvalue weighted by Crippen LogP contribution is 2.52. The van der Waals surface area contributed by atoms with Crippen molar-refractivity contribution in [3.8, 4) is 0 Å². The zero-order valence-corrected chi connectivity index (χ0v) is 20.7. The Labute approximate surface area is 205 Å². The summed E-state index contributed by atoms with van der Waals surface area (Å²) in [4.78, 5) is 11.3. The van der Waals surface area contributed by atoms with Crippen LogP contribution >= 0.6 is 23.1 Å². The van der Waals surface area contributed by atoms with Gasteiger partial charge in [-0.3, -0.25) is 4.79 Å². The van der Waals surface area contributed by atoms with Crippen molar-refractivity contribution >= 4 is 39.2 Å². The number of hydrogen-bond acceptors (Lipinski definition) is 7. The number of anilines is 1. The molecule has 0 saturated carbocycles. The number of carbonyl (C=O) groups is 1. The van der Waals surface area contributed by atoms with Crippen LogP contribution in [0.5, 0.6) is 0 Å². The van der Waals surface area contributed by atoms with Gasteiger partial charge in [0.1, 0.15) is 26.6 Å². The van der Waals surface area contributed by atoms with Gasteiger partial charge in [0.15, 0.2) is 0 Å². The molecule has 1 amide bonds. The Morgan fingerprint density at radius 3 is 2.59 bits per heavy atom. The highest BCUT2D eigenvalue weighted by atomic mass is 32.2. The molecule has 1 N–H and O–H groups in total. The summed E-state index contributed by atoms with van der Waals surface area (Å²) >= 11 is 2.74. The lowest BCUT2D eigenvalue weighted by Crippen LogP contribution is -2.38. The number of rotatable bonds is 8. The fourth-order valence-corrected chi connectivity index (χ4v) is 5.85. The van der Waals surface area contributed by atoms with Crippen LogP contribution in [0.4, 0.5) is 13.9 Å². The number of amides is 1. The fourth-order valence-electron chi connectivity index (χ4n) is 3.66. The predicted octanol–water partition coefficient (Wildman–Crippen LogP) is 5.45. The molecule has 1 aromatic heterocycles. The molecule has 2 heterocycles. The van der Waals surface area contributed by atoms with Gasteiger partial charge in [-0.05, 0) is 43.5 Å². The minimum absolute atomic E-state index is 0.0109. The second kappa shape index (κ2) is 10.2. The van der Waals surface area contributed by atoms with E-state index in [1.807, 2.05) is 51.1 Å². The monoisotopic (exact) mass is 501 g/mol. The number of hydrogen-bond donors (Lipinski definition) is 1. The number of aryl methyl sites for hydroxylation is 1. The summed E-state index contributed by atoms with van der Waals surface area (Å²) in [5.74, 6) is -1.19. The zero-order chi connectivity index (χ0) is 24.3. The van der Waals surface area contributed by atoms with E-state index in [2.05, 4.69) is 15.5 Å². The molecule has 2 aromatic carbocycles. The molecule has 0 fully saturated rings. The van der Waals surface area contributed by atoms with Gasteiger partial charge in [-0.2, -0.15) is 5.10 Å². The number of halogens is 2. The number of aromatic nitrogens is 2. The maximum absolute atomic E-state index is 14.7. The fraction of sp³-hybridized carbons (Fsp3) is 0.333. The summed E-state index contributed by atoms with van der Waals surface area (Å²) in [6, 6.07) is 13.1. The summed E-state index contributed by atoms with van der Waals surface area (Å²) in [7, 11) is 0. The second-order valence-electron chi connectivity index (χ2n) is 8.25. The highest BCUT2D eigenvalue weighted by Gasteiger charge is 2.47. The number of nitrogens with one attached hydrogen (secondary N) is 1. The smallest absolute Gasteiger partial charge is 0.230 e. The average Bonchev–Trinajstić information content (AvgIpc) is 3.43. The van der Waals surface area contributed by atoms with Crippen molar-refractivity contribution in [3.05, 3.63) is 76.3 Å². The minimum Gasteiger partial charge on any atom is -0.356 e. The van der Waals surface area contributed by atoms with Gasteiger partial charge in [-0.1, -0.05) is 67.3 Å².